The molecule has 0 amide bonds. The predicted octanol–water partition coefficient (Wildman–Crippen LogP) is 27.5. The van der Waals surface area contributed by atoms with Crippen LogP contribution in [0.2, 0.25) is 0 Å². The van der Waals surface area contributed by atoms with E-state index in [4.69, 9.17) is 18.9 Å². The Kier molecular flexibility index (Phi) is 76.8. The number of aliphatic carboxylic acids is 1. The predicted molar refractivity (Wildman–Crippen MR) is 429 cm³/mol. The van der Waals surface area contributed by atoms with E-state index in [2.05, 4.69) is 111 Å². The molecule has 99 heavy (non-hydrogen) atoms. The number of carbonyl (C=O) groups is 3. The van der Waals surface area contributed by atoms with Crippen molar-refractivity contribution in [2.75, 3.05) is 47.5 Å². The minimum Gasteiger partial charge on any atom is -0.477 e. The van der Waals surface area contributed by atoms with Gasteiger partial charge in [0.25, 0.3) is 6.29 Å². The van der Waals surface area contributed by atoms with Gasteiger partial charge in [-0.15, -0.1) is 0 Å². The monoisotopic (exact) mass is 1390 g/mol. The fraction of sp³-hybridized carbons (Fsp3) is 0.789. The molecule has 9 nitrogen and oxygen atoms in total. The Morgan fingerprint density at radius 3 is 0.869 bits per heavy atom. The van der Waals surface area contributed by atoms with Crippen molar-refractivity contribution >= 4 is 17.9 Å². The SMILES string of the molecule is CC/C=C\C/C=C\C/C=C\C/C=C\C/C=C\C/C=C\C/C=C\CCCCCCCCCCCCCCCCCCCC(=O)OC(COC(=O)CCCCCCCCCCCCCCCCCCCCCCCCC/C=C\CCCCCCCCCC)COC(OCC[N+](C)(C)C)C(=O)O. The minimum atomic E-state index is -1.51. The third-order valence-corrected chi connectivity index (χ3v) is 18.8. The van der Waals surface area contributed by atoms with Gasteiger partial charge in [0.05, 0.1) is 34.4 Å². The molecule has 0 aliphatic heterocycles. The Hall–Kier alpha value is -3.79. The highest BCUT2D eigenvalue weighted by Crippen LogP contribution is 2.20. The van der Waals surface area contributed by atoms with E-state index in [1.165, 1.54) is 289 Å². The lowest BCUT2D eigenvalue weighted by Gasteiger charge is -2.25. The van der Waals surface area contributed by atoms with Crippen molar-refractivity contribution in [2.24, 2.45) is 0 Å². The molecular formula is C90H162NO8+. The fourth-order valence-electron chi connectivity index (χ4n) is 12.4. The van der Waals surface area contributed by atoms with Gasteiger partial charge in [0, 0.05) is 12.8 Å². The number of hydrogen-bond donors (Lipinski definition) is 1. The Bertz CT molecular complexity index is 1960. The van der Waals surface area contributed by atoms with Crippen LogP contribution >= 0.6 is 0 Å². The first-order valence-corrected chi connectivity index (χ1v) is 42.4. The second-order valence-corrected chi connectivity index (χ2v) is 29.8. The highest BCUT2D eigenvalue weighted by atomic mass is 16.7. The number of rotatable bonds is 79. The van der Waals surface area contributed by atoms with Crippen LogP contribution in [0.25, 0.3) is 0 Å². The normalized spacial score (nSPS) is 13.1. The Morgan fingerprint density at radius 2 is 0.576 bits per heavy atom. The molecule has 0 saturated heterocycles. The van der Waals surface area contributed by atoms with Crippen molar-refractivity contribution in [1.29, 1.82) is 0 Å². The number of hydrogen-bond acceptors (Lipinski definition) is 7. The highest BCUT2D eigenvalue weighted by Gasteiger charge is 2.25. The van der Waals surface area contributed by atoms with E-state index in [1.807, 2.05) is 21.1 Å². The molecule has 0 rings (SSSR count). The zero-order chi connectivity index (χ0) is 71.8. The Labute approximate surface area is 613 Å². The summed E-state index contributed by atoms with van der Waals surface area (Å²) in [6, 6.07) is 0. The van der Waals surface area contributed by atoms with Crippen LogP contribution < -0.4 is 0 Å². The van der Waals surface area contributed by atoms with Crippen molar-refractivity contribution < 1.29 is 42.9 Å². The quantitative estimate of drug-likeness (QED) is 0.0211. The molecule has 0 saturated carbocycles. The summed E-state index contributed by atoms with van der Waals surface area (Å²) in [5, 5.41) is 9.79. The van der Waals surface area contributed by atoms with Gasteiger partial charge in [-0.05, 0) is 96.3 Å². The molecule has 0 heterocycles. The van der Waals surface area contributed by atoms with Crippen LogP contribution in [0.15, 0.2) is 97.2 Å². The van der Waals surface area contributed by atoms with E-state index in [0.29, 0.717) is 17.4 Å². The molecule has 0 aromatic heterocycles. The van der Waals surface area contributed by atoms with Crippen molar-refractivity contribution in [3.63, 3.8) is 0 Å². The maximum Gasteiger partial charge on any atom is 0.361 e. The average molecular weight is 1390 g/mol. The summed E-state index contributed by atoms with van der Waals surface area (Å²) in [4.78, 5) is 37.8. The topological polar surface area (TPSA) is 108 Å². The summed E-state index contributed by atoms with van der Waals surface area (Å²) < 4.78 is 23.1. The van der Waals surface area contributed by atoms with E-state index in [-0.39, 0.29) is 38.2 Å². The number of carbonyl (C=O) groups excluding carboxylic acids is 2. The number of esters is 2. The van der Waals surface area contributed by atoms with Gasteiger partial charge in [-0.1, -0.05) is 387 Å². The first-order valence-electron chi connectivity index (χ1n) is 42.4. The molecule has 0 spiro atoms. The fourth-order valence-corrected chi connectivity index (χ4v) is 12.4. The van der Waals surface area contributed by atoms with Crippen LogP contribution in [-0.4, -0.2) is 87.4 Å². The van der Waals surface area contributed by atoms with Crippen LogP contribution in [0.3, 0.4) is 0 Å². The lowest BCUT2D eigenvalue weighted by molar-refractivity contribution is -0.870. The zero-order valence-corrected chi connectivity index (χ0v) is 65.9. The molecule has 2 atom stereocenters. The molecule has 0 aliphatic carbocycles. The summed E-state index contributed by atoms with van der Waals surface area (Å²) in [6.07, 6.45) is 109. The zero-order valence-electron chi connectivity index (χ0n) is 65.9. The van der Waals surface area contributed by atoms with Crippen molar-refractivity contribution in [1.82, 2.24) is 0 Å². The van der Waals surface area contributed by atoms with Crippen molar-refractivity contribution in [2.45, 2.75) is 411 Å². The third kappa shape index (κ3) is 81.4. The second kappa shape index (κ2) is 79.9. The van der Waals surface area contributed by atoms with Crippen LogP contribution in [0.5, 0.6) is 0 Å². The van der Waals surface area contributed by atoms with E-state index in [9.17, 15) is 19.5 Å². The Morgan fingerprint density at radius 1 is 0.313 bits per heavy atom. The van der Waals surface area contributed by atoms with Crippen LogP contribution in [0, 0.1) is 0 Å². The largest absolute Gasteiger partial charge is 0.477 e. The third-order valence-electron chi connectivity index (χ3n) is 18.8. The molecule has 0 bridgehead atoms. The van der Waals surface area contributed by atoms with E-state index in [1.54, 1.807) is 0 Å². The smallest absolute Gasteiger partial charge is 0.361 e. The second-order valence-electron chi connectivity index (χ2n) is 29.8. The van der Waals surface area contributed by atoms with E-state index < -0.39 is 18.4 Å². The number of unbranched alkanes of at least 4 members (excludes halogenated alkanes) is 48. The molecule has 0 aromatic rings. The number of nitrogens with zero attached hydrogens (tertiary/aromatic N) is 1. The van der Waals surface area contributed by atoms with Gasteiger partial charge >= 0.3 is 17.9 Å². The van der Waals surface area contributed by atoms with Gasteiger partial charge < -0.3 is 28.5 Å². The van der Waals surface area contributed by atoms with Gasteiger partial charge in [-0.3, -0.25) is 9.59 Å². The Balaban J connectivity index is 3.98. The summed E-state index contributed by atoms with van der Waals surface area (Å²) in [6.45, 7) is 4.82. The lowest BCUT2D eigenvalue weighted by atomic mass is 10.0. The summed E-state index contributed by atoms with van der Waals surface area (Å²) in [7, 11) is 6.00. The van der Waals surface area contributed by atoms with Crippen molar-refractivity contribution in [3.8, 4) is 0 Å². The molecular weight excluding hydrogens is 1220 g/mol. The van der Waals surface area contributed by atoms with Gasteiger partial charge in [0.2, 0.25) is 0 Å². The standard InChI is InChI=1S/C90H161NO8/c1-6-8-10-12-14-16-18-20-22-24-26-28-30-32-34-36-38-40-42-43-44-45-47-49-51-53-55-57-59-61-63-65-67-69-71-73-75-77-79-81-88(93)99-86(85-98-90(89(94)95)96-83-82-91(3,4)5)84-97-87(92)80-78-76-74-72-70-68-66-64-62-60-58-56-54-52-50-48-46-41-39-37-35-33-31-29-27-25-23-21-19-17-15-13-11-9-7-2/h8,10,14,16,20,22,25-28,32,34,38,40,43-44,86,90H,6-7,9,11-13,15,17-19,21,23-24,29-31,33,35-37,39,41-42,45-85H2,1-5H3/p+1/b10-8-,16-14-,22-20-,27-25-,28-26-,34-32-,40-38-,44-43-. The minimum absolute atomic E-state index is 0.179. The maximum absolute atomic E-state index is 13.0. The molecule has 9 heteroatoms. The number of carboxylic acid groups (broad SMARTS) is 1. The first-order chi connectivity index (χ1) is 48.6. The average Bonchev–Trinajstić information content (AvgIpc) is 1.14. The summed E-state index contributed by atoms with van der Waals surface area (Å²) in [5.41, 5.74) is 0. The molecule has 574 valence electrons. The number of likely N-dealkylation sites (N-methyl/N-ethyl adjacent to an activating group) is 1. The number of allylic oxidation sites excluding steroid dienone is 16. The van der Waals surface area contributed by atoms with Gasteiger partial charge in [-0.25, -0.2) is 4.79 Å². The summed E-state index contributed by atoms with van der Waals surface area (Å²) >= 11 is 0. The highest BCUT2D eigenvalue weighted by molar-refractivity contribution is 5.71. The maximum atomic E-state index is 13.0. The molecule has 0 aromatic carbocycles. The van der Waals surface area contributed by atoms with E-state index >= 15 is 0 Å². The van der Waals surface area contributed by atoms with E-state index in [0.717, 1.165) is 83.5 Å². The van der Waals surface area contributed by atoms with Crippen LogP contribution in [-0.2, 0) is 33.3 Å². The van der Waals surface area contributed by atoms with Gasteiger partial charge in [0.1, 0.15) is 13.2 Å². The van der Waals surface area contributed by atoms with Crippen molar-refractivity contribution in [3.05, 3.63) is 97.2 Å². The van der Waals surface area contributed by atoms with Gasteiger partial charge in [-0.2, -0.15) is 0 Å². The number of quaternary nitrogens is 1. The number of ether oxygens (including phenoxy) is 4. The molecule has 0 fully saturated rings. The lowest BCUT2D eigenvalue weighted by Crippen LogP contribution is -2.40. The van der Waals surface area contributed by atoms with Crippen LogP contribution in [0.4, 0.5) is 0 Å². The van der Waals surface area contributed by atoms with Gasteiger partial charge in [0.15, 0.2) is 6.10 Å². The molecule has 1 N–H and O–H groups in total. The first kappa shape index (κ1) is 95.2. The molecule has 2 unspecified atom stereocenters. The molecule has 0 radical (unpaired) electrons. The van der Waals surface area contributed by atoms with Crippen LogP contribution in [0.1, 0.15) is 399 Å². The number of carboxylic acids is 1. The molecule has 0 aliphatic rings. The summed E-state index contributed by atoms with van der Waals surface area (Å²) in [5.74, 6) is -1.98.